The number of phenols is 1. The van der Waals surface area contributed by atoms with Gasteiger partial charge in [-0.25, -0.2) is 0 Å². The highest BCUT2D eigenvalue weighted by Crippen LogP contribution is 2.31. The van der Waals surface area contributed by atoms with Crippen molar-refractivity contribution in [3.8, 4) is 17.1 Å². The van der Waals surface area contributed by atoms with Crippen LogP contribution in [-0.2, 0) is 6.42 Å². The molecule has 3 nitrogen and oxygen atoms in total. The molecule has 0 radical (unpaired) electrons. The average molecular weight is 218 g/mol. The van der Waals surface area contributed by atoms with Crippen LogP contribution < -0.4 is 5.43 Å². The number of benzene rings is 1. The van der Waals surface area contributed by atoms with Crippen LogP contribution in [0.15, 0.2) is 33.7 Å². The Hall–Kier alpha value is -1.77. The number of aryl methyl sites for hydroxylation is 1. The molecule has 1 aliphatic heterocycles. The molecule has 0 saturated carbocycles. The number of aromatic hydroxyl groups is 1. The molecule has 0 aromatic carbocycles. The highest BCUT2D eigenvalue weighted by atomic mass is 16.3. The third-order valence-electron chi connectivity index (χ3n) is 2.70. The first-order valence-electron chi connectivity index (χ1n) is 5.46. The molecule has 3 heteroatoms. The van der Waals surface area contributed by atoms with Crippen LogP contribution in [0.5, 0.6) is 5.75 Å². The van der Waals surface area contributed by atoms with E-state index in [9.17, 15) is 9.90 Å². The van der Waals surface area contributed by atoms with Gasteiger partial charge in [-0.15, -0.1) is 0 Å². The van der Waals surface area contributed by atoms with Crippen LogP contribution in [0.25, 0.3) is 11.3 Å². The van der Waals surface area contributed by atoms with Crippen LogP contribution in [0.2, 0.25) is 0 Å². The molecule has 0 amide bonds. The predicted molar refractivity (Wildman–Crippen MR) is 61.9 cm³/mol. The van der Waals surface area contributed by atoms with Crippen molar-refractivity contribution in [1.29, 1.82) is 0 Å². The molecule has 0 saturated heterocycles. The molecule has 16 heavy (non-hydrogen) atoms. The van der Waals surface area contributed by atoms with Gasteiger partial charge in [0.15, 0.2) is 5.76 Å². The maximum Gasteiger partial charge on any atom is 0.224 e. The molecule has 0 unspecified atom stereocenters. The van der Waals surface area contributed by atoms with E-state index in [-0.39, 0.29) is 5.75 Å². The van der Waals surface area contributed by atoms with Gasteiger partial charge in [-0.05, 0) is 36.6 Å². The van der Waals surface area contributed by atoms with E-state index in [1.807, 2.05) is 6.07 Å². The number of hydrogen-bond acceptors (Lipinski definition) is 3. The molecule has 1 aliphatic carbocycles. The average Bonchev–Trinajstić information content (AvgIpc) is 2.31. The van der Waals surface area contributed by atoms with Crippen molar-refractivity contribution in [3.05, 3.63) is 40.2 Å². The first-order chi connectivity index (χ1) is 7.74. The molecule has 1 N–H and O–H groups in total. The van der Waals surface area contributed by atoms with Gasteiger partial charge in [-0.1, -0.05) is 13.3 Å². The summed E-state index contributed by atoms with van der Waals surface area (Å²) in [5.74, 6) is -0.00282. The van der Waals surface area contributed by atoms with E-state index in [4.69, 9.17) is 4.42 Å². The van der Waals surface area contributed by atoms with Gasteiger partial charge in [0.1, 0.15) is 0 Å². The molecular weight excluding hydrogens is 204 g/mol. The summed E-state index contributed by atoms with van der Waals surface area (Å²) >= 11 is 0. The van der Waals surface area contributed by atoms with E-state index in [2.05, 4.69) is 6.92 Å². The maximum atomic E-state index is 11.2. The second-order valence-corrected chi connectivity index (χ2v) is 3.84. The Kier molecular flexibility index (Phi) is 2.95. The van der Waals surface area contributed by atoms with Crippen molar-refractivity contribution >= 4 is 0 Å². The summed E-state index contributed by atoms with van der Waals surface area (Å²) in [6.07, 6.45) is 4.64. The lowest BCUT2D eigenvalue weighted by Crippen LogP contribution is -2.02. The van der Waals surface area contributed by atoms with Crippen molar-refractivity contribution in [2.24, 2.45) is 0 Å². The van der Waals surface area contributed by atoms with E-state index in [1.54, 1.807) is 6.07 Å². The fourth-order valence-corrected chi connectivity index (χ4v) is 1.78. The number of phenolic OH excluding ortho intramolecular Hbond substituents is 1. The SMILES string of the molecule is CCCCc1ccoc2c(O)c(=O)ccc1-2. The van der Waals surface area contributed by atoms with Gasteiger partial charge in [0.05, 0.1) is 6.26 Å². The minimum absolute atomic E-state index is 0.293. The highest BCUT2D eigenvalue weighted by Gasteiger charge is 2.15. The first-order valence-corrected chi connectivity index (χ1v) is 5.46. The number of unbranched alkanes of at least 4 members (excludes halogenated alkanes) is 1. The molecule has 2 rings (SSSR count). The van der Waals surface area contributed by atoms with E-state index < -0.39 is 5.43 Å². The summed E-state index contributed by atoms with van der Waals surface area (Å²) in [6, 6.07) is 4.98. The van der Waals surface area contributed by atoms with Crippen molar-refractivity contribution in [3.63, 3.8) is 0 Å². The Bertz CT molecular complexity index is 513. The minimum atomic E-state index is -0.399. The van der Waals surface area contributed by atoms with Gasteiger partial charge >= 0.3 is 0 Å². The second kappa shape index (κ2) is 4.39. The van der Waals surface area contributed by atoms with Crippen molar-refractivity contribution in [2.45, 2.75) is 26.2 Å². The Morgan fingerprint density at radius 2 is 2.12 bits per heavy atom. The molecular formula is C13H14O3. The first kappa shape index (κ1) is 10.7. The fourth-order valence-electron chi connectivity index (χ4n) is 1.78. The summed E-state index contributed by atoms with van der Waals surface area (Å²) < 4.78 is 5.19. The molecule has 0 aromatic heterocycles. The van der Waals surface area contributed by atoms with Crippen LogP contribution in [0.3, 0.4) is 0 Å². The zero-order valence-corrected chi connectivity index (χ0v) is 9.19. The van der Waals surface area contributed by atoms with Gasteiger partial charge in [-0.2, -0.15) is 0 Å². The molecule has 0 spiro atoms. The number of rotatable bonds is 3. The third kappa shape index (κ3) is 1.81. The predicted octanol–water partition coefficient (Wildman–Crippen LogP) is 2.79. The monoisotopic (exact) mass is 218 g/mol. The van der Waals surface area contributed by atoms with E-state index in [0.29, 0.717) is 5.76 Å². The van der Waals surface area contributed by atoms with Crippen molar-refractivity contribution in [1.82, 2.24) is 0 Å². The Morgan fingerprint density at radius 3 is 2.88 bits per heavy atom. The van der Waals surface area contributed by atoms with Gasteiger partial charge in [0.25, 0.3) is 0 Å². The smallest absolute Gasteiger partial charge is 0.224 e. The lowest BCUT2D eigenvalue weighted by molar-refractivity contribution is 0.441. The third-order valence-corrected chi connectivity index (χ3v) is 2.70. The fraction of sp³-hybridized carbons (Fsp3) is 0.308. The molecule has 0 aromatic rings. The van der Waals surface area contributed by atoms with E-state index in [0.717, 1.165) is 30.4 Å². The summed E-state index contributed by atoms with van der Waals surface area (Å²) in [5, 5.41) is 9.60. The summed E-state index contributed by atoms with van der Waals surface area (Å²) in [4.78, 5) is 11.2. The summed E-state index contributed by atoms with van der Waals surface area (Å²) in [5.41, 5.74) is 1.54. The summed E-state index contributed by atoms with van der Waals surface area (Å²) in [7, 11) is 0. The standard InChI is InChI=1S/C13H14O3/c1-2-3-4-9-7-8-16-13-10(9)5-6-11(14)12(13)15/h5-8,15H,2-4H2,1H3. The highest BCUT2D eigenvalue weighted by molar-refractivity contribution is 5.68. The Labute approximate surface area is 93.7 Å². The van der Waals surface area contributed by atoms with Gasteiger partial charge in [0, 0.05) is 5.56 Å². The van der Waals surface area contributed by atoms with Crippen LogP contribution in [0, 0.1) is 0 Å². The number of hydrogen-bond donors (Lipinski definition) is 1. The molecule has 0 bridgehead atoms. The van der Waals surface area contributed by atoms with E-state index >= 15 is 0 Å². The molecule has 2 aliphatic rings. The van der Waals surface area contributed by atoms with Crippen molar-refractivity contribution < 1.29 is 9.52 Å². The topological polar surface area (TPSA) is 50.4 Å². The Morgan fingerprint density at radius 1 is 1.31 bits per heavy atom. The lowest BCUT2D eigenvalue weighted by atomic mass is 9.99. The van der Waals surface area contributed by atoms with Crippen molar-refractivity contribution in [2.75, 3.05) is 0 Å². The molecule has 1 heterocycles. The van der Waals surface area contributed by atoms with Crippen LogP contribution in [0.4, 0.5) is 0 Å². The van der Waals surface area contributed by atoms with Crippen LogP contribution in [-0.4, -0.2) is 5.11 Å². The zero-order chi connectivity index (χ0) is 11.5. The number of fused-ring (bicyclic) bond motifs is 1. The second-order valence-electron chi connectivity index (χ2n) is 3.84. The molecule has 84 valence electrons. The van der Waals surface area contributed by atoms with Crippen LogP contribution >= 0.6 is 0 Å². The molecule has 0 atom stereocenters. The van der Waals surface area contributed by atoms with Gasteiger partial charge in [-0.3, -0.25) is 4.79 Å². The van der Waals surface area contributed by atoms with Crippen LogP contribution in [0.1, 0.15) is 25.3 Å². The van der Waals surface area contributed by atoms with Gasteiger partial charge in [0.2, 0.25) is 11.2 Å². The molecule has 0 fully saturated rings. The normalized spacial score (nSPS) is 10.8. The summed E-state index contributed by atoms with van der Waals surface area (Å²) in [6.45, 7) is 2.13. The largest absolute Gasteiger partial charge is 0.502 e. The lowest BCUT2D eigenvalue weighted by Gasteiger charge is -2.10. The zero-order valence-electron chi connectivity index (χ0n) is 9.19. The van der Waals surface area contributed by atoms with Gasteiger partial charge < -0.3 is 9.52 Å². The maximum absolute atomic E-state index is 11.2. The van der Waals surface area contributed by atoms with E-state index in [1.165, 1.54) is 12.3 Å². The Balaban J connectivity index is 2.53. The minimum Gasteiger partial charge on any atom is -0.502 e. The quantitative estimate of drug-likeness (QED) is 0.861.